The molecule has 0 bridgehead atoms. The Labute approximate surface area is 162 Å². The molecule has 2 N–H and O–H groups in total. The maximum absolute atomic E-state index is 12.8. The molecule has 0 saturated carbocycles. The Morgan fingerprint density at radius 1 is 1.21 bits per heavy atom. The van der Waals surface area contributed by atoms with Gasteiger partial charge in [-0.1, -0.05) is 36.4 Å². The minimum Gasteiger partial charge on any atom is -0.352 e. The number of imidazole rings is 1. The summed E-state index contributed by atoms with van der Waals surface area (Å²) >= 11 is 0. The fourth-order valence-electron chi connectivity index (χ4n) is 3.20. The van der Waals surface area contributed by atoms with Crippen LogP contribution in [-0.4, -0.2) is 44.5 Å². The Kier molecular flexibility index (Phi) is 5.01. The first kappa shape index (κ1) is 17.7. The highest BCUT2D eigenvalue weighted by molar-refractivity contribution is 5.89. The molecule has 1 aliphatic rings. The summed E-state index contributed by atoms with van der Waals surface area (Å²) in [5.74, 6) is 0.586. The van der Waals surface area contributed by atoms with Crippen molar-refractivity contribution in [3.63, 3.8) is 0 Å². The van der Waals surface area contributed by atoms with E-state index in [1.54, 1.807) is 28.2 Å². The topological polar surface area (TPSA) is 92.2 Å². The number of hydrogen-bond acceptors (Lipinski definition) is 4. The molecular formula is C20H20N6O2. The molecule has 0 aliphatic carbocycles. The lowest BCUT2D eigenvalue weighted by atomic mass is 10.0. The zero-order valence-corrected chi connectivity index (χ0v) is 15.2. The van der Waals surface area contributed by atoms with Crippen molar-refractivity contribution in [2.75, 3.05) is 13.1 Å². The van der Waals surface area contributed by atoms with Gasteiger partial charge >= 0.3 is 6.03 Å². The maximum atomic E-state index is 12.8. The van der Waals surface area contributed by atoms with E-state index < -0.39 is 6.04 Å². The molecular weight excluding hydrogens is 356 g/mol. The third-order valence-corrected chi connectivity index (χ3v) is 4.61. The molecule has 1 saturated heterocycles. The molecule has 28 heavy (non-hydrogen) atoms. The quantitative estimate of drug-likeness (QED) is 0.724. The summed E-state index contributed by atoms with van der Waals surface area (Å²) in [5, 5.41) is 5.72. The van der Waals surface area contributed by atoms with Crippen LogP contribution in [0.1, 0.15) is 17.2 Å². The Morgan fingerprint density at radius 3 is 2.79 bits per heavy atom. The average molecular weight is 376 g/mol. The van der Waals surface area contributed by atoms with Crippen molar-refractivity contribution in [3.05, 3.63) is 78.5 Å². The minimum absolute atomic E-state index is 0.168. The van der Waals surface area contributed by atoms with Crippen molar-refractivity contribution in [1.82, 2.24) is 30.1 Å². The monoisotopic (exact) mass is 376 g/mol. The number of amides is 3. The first-order chi connectivity index (χ1) is 13.7. The summed E-state index contributed by atoms with van der Waals surface area (Å²) < 4.78 is 1.80. The highest BCUT2D eigenvalue weighted by atomic mass is 16.2. The molecule has 1 aliphatic heterocycles. The molecule has 0 spiro atoms. The summed E-state index contributed by atoms with van der Waals surface area (Å²) in [6.07, 6.45) is 6.89. The number of nitrogens with zero attached hydrogens (tertiary/aromatic N) is 4. The summed E-state index contributed by atoms with van der Waals surface area (Å²) in [4.78, 5) is 35.1. The number of piperazine rings is 1. The number of carbonyl (C=O) groups is 2. The van der Waals surface area contributed by atoms with Crippen molar-refractivity contribution in [3.8, 4) is 5.82 Å². The zero-order chi connectivity index (χ0) is 19.3. The molecule has 1 unspecified atom stereocenters. The highest BCUT2D eigenvalue weighted by Gasteiger charge is 2.34. The SMILES string of the molecule is O=C1NCCN(C(=O)NCc2ccc(-n3ccnc3)nc2)C1c1ccccc1. The molecule has 0 radical (unpaired) electrons. The Morgan fingerprint density at radius 2 is 2.07 bits per heavy atom. The normalized spacial score (nSPS) is 16.5. The lowest BCUT2D eigenvalue weighted by Crippen LogP contribution is -2.54. The summed E-state index contributed by atoms with van der Waals surface area (Å²) in [6, 6.07) is 12.2. The molecule has 3 aromatic rings. The predicted molar refractivity (Wildman–Crippen MR) is 102 cm³/mol. The van der Waals surface area contributed by atoms with Gasteiger partial charge in [0.25, 0.3) is 0 Å². The summed E-state index contributed by atoms with van der Waals surface area (Å²) in [7, 11) is 0. The molecule has 8 nitrogen and oxygen atoms in total. The first-order valence-corrected chi connectivity index (χ1v) is 9.03. The van der Waals surface area contributed by atoms with Gasteiger partial charge < -0.3 is 15.5 Å². The van der Waals surface area contributed by atoms with Gasteiger partial charge in [-0.05, 0) is 17.2 Å². The standard InChI is InChI=1S/C20H20N6O2/c27-19-18(16-4-2-1-3-5-16)26(11-9-22-19)20(28)24-13-15-6-7-17(23-12-15)25-10-8-21-14-25/h1-8,10,12,14,18H,9,11,13H2,(H,22,27)(H,24,28). The van der Waals surface area contributed by atoms with Gasteiger partial charge in [-0.3, -0.25) is 9.36 Å². The van der Waals surface area contributed by atoms with Crippen LogP contribution in [0.3, 0.4) is 0 Å². The molecule has 1 atom stereocenters. The lowest BCUT2D eigenvalue weighted by molar-refractivity contribution is -0.127. The second kappa shape index (κ2) is 7.91. The minimum atomic E-state index is -0.628. The molecule has 8 heteroatoms. The lowest BCUT2D eigenvalue weighted by Gasteiger charge is -2.35. The number of pyridine rings is 1. The van der Waals surface area contributed by atoms with E-state index in [-0.39, 0.29) is 11.9 Å². The molecule has 1 aromatic carbocycles. The van der Waals surface area contributed by atoms with Gasteiger partial charge in [0.05, 0.1) is 0 Å². The van der Waals surface area contributed by atoms with Crippen molar-refractivity contribution >= 4 is 11.9 Å². The van der Waals surface area contributed by atoms with E-state index in [2.05, 4.69) is 20.6 Å². The van der Waals surface area contributed by atoms with E-state index in [0.717, 1.165) is 16.9 Å². The molecule has 1 fully saturated rings. The van der Waals surface area contributed by atoms with Crippen molar-refractivity contribution in [1.29, 1.82) is 0 Å². The fraction of sp³-hybridized carbons (Fsp3) is 0.200. The van der Waals surface area contributed by atoms with E-state index >= 15 is 0 Å². The van der Waals surface area contributed by atoms with Crippen LogP contribution in [0.4, 0.5) is 4.79 Å². The smallest absolute Gasteiger partial charge is 0.318 e. The number of carbonyl (C=O) groups excluding carboxylic acids is 2. The van der Waals surface area contributed by atoms with Crippen LogP contribution < -0.4 is 10.6 Å². The molecule has 3 amide bonds. The van der Waals surface area contributed by atoms with Crippen LogP contribution in [0.15, 0.2) is 67.4 Å². The molecule has 2 aromatic heterocycles. The molecule has 142 valence electrons. The second-order valence-corrected chi connectivity index (χ2v) is 6.45. The van der Waals surface area contributed by atoms with Crippen LogP contribution in [0.25, 0.3) is 5.82 Å². The second-order valence-electron chi connectivity index (χ2n) is 6.45. The van der Waals surface area contributed by atoms with E-state index in [1.807, 2.05) is 48.7 Å². The Bertz CT molecular complexity index is 941. The van der Waals surface area contributed by atoms with E-state index in [4.69, 9.17) is 0 Å². The van der Waals surface area contributed by atoms with Crippen LogP contribution in [0.5, 0.6) is 0 Å². The van der Waals surface area contributed by atoms with Gasteiger partial charge in [0.1, 0.15) is 18.2 Å². The van der Waals surface area contributed by atoms with E-state index in [1.165, 1.54) is 0 Å². The van der Waals surface area contributed by atoms with Gasteiger partial charge in [0, 0.05) is 38.2 Å². The van der Waals surface area contributed by atoms with Gasteiger partial charge in [-0.25, -0.2) is 14.8 Å². The van der Waals surface area contributed by atoms with Gasteiger partial charge in [0.2, 0.25) is 5.91 Å². The molecule has 3 heterocycles. The Balaban J connectivity index is 1.43. The van der Waals surface area contributed by atoms with Crippen LogP contribution in [0.2, 0.25) is 0 Å². The average Bonchev–Trinajstić information content (AvgIpc) is 3.28. The number of hydrogen-bond donors (Lipinski definition) is 2. The number of benzene rings is 1. The van der Waals surface area contributed by atoms with Crippen molar-refractivity contribution < 1.29 is 9.59 Å². The number of aromatic nitrogens is 3. The maximum Gasteiger partial charge on any atom is 0.318 e. The van der Waals surface area contributed by atoms with Gasteiger partial charge in [0.15, 0.2) is 0 Å². The number of urea groups is 1. The third kappa shape index (κ3) is 3.71. The largest absolute Gasteiger partial charge is 0.352 e. The predicted octanol–water partition coefficient (Wildman–Crippen LogP) is 1.65. The van der Waals surface area contributed by atoms with Crippen LogP contribution >= 0.6 is 0 Å². The fourth-order valence-corrected chi connectivity index (χ4v) is 3.20. The van der Waals surface area contributed by atoms with Crippen LogP contribution in [-0.2, 0) is 11.3 Å². The number of rotatable bonds is 4. The van der Waals surface area contributed by atoms with Crippen molar-refractivity contribution in [2.45, 2.75) is 12.6 Å². The van der Waals surface area contributed by atoms with Crippen molar-refractivity contribution in [2.24, 2.45) is 0 Å². The summed E-state index contributed by atoms with van der Waals surface area (Å²) in [6.45, 7) is 1.22. The van der Waals surface area contributed by atoms with Crippen LogP contribution in [0, 0.1) is 0 Å². The van der Waals surface area contributed by atoms with Gasteiger partial charge in [-0.2, -0.15) is 0 Å². The number of nitrogens with one attached hydrogen (secondary N) is 2. The van der Waals surface area contributed by atoms with E-state index in [0.29, 0.717) is 19.6 Å². The third-order valence-electron chi connectivity index (χ3n) is 4.61. The first-order valence-electron chi connectivity index (χ1n) is 9.03. The van der Waals surface area contributed by atoms with E-state index in [9.17, 15) is 9.59 Å². The van der Waals surface area contributed by atoms with Gasteiger partial charge in [-0.15, -0.1) is 0 Å². The zero-order valence-electron chi connectivity index (χ0n) is 15.2. The Hall–Kier alpha value is -3.68. The summed E-state index contributed by atoms with van der Waals surface area (Å²) in [5.41, 5.74) is 1.66. The molecule has 4 rings (SSSR count). The highest BCUT2D eigenvalue weighted by Crippen LogP contribution is 2.23.